The number of halogens is 1. The van der Waals surface area contributed by atoms with Crippen molar-refractivity contribution in [3.05, 3.63) is 81.3 Å². The molecule has 3 aromatic carbocycles. The minimum absolute atomic E-state index is 0.0320. The van der Waals surface area contributed by atoms with Crippen LogP contribution in [-0.2, 0) is 9.84 Å². The number of carbonyl (C=O) groups excluding carboxylic acids is 2. The van der Waals surface area contributed by atoms with Gasteiger partial charge in [0, 0.05) is 21.2 Å². The number of carbonyl (C=O) groups is 2. The molecule has 0 saturated heterocycles. The number of ketones is 2. The van der Waals surface area contributed by atoms with E-state index in [0.717, 1.165) is 16.2 Å². The van der Waals surface area contributed by atoms with Gasteiger partial charge >= 0.3 is 0 Å². The monoisotopic (exact) mass is 484 g/mol. The van der Waals surface area contributed by atoms with Gasteiger partial charge in [0.25, 0.3) is 0 Å². The summed E-state index contributed by atoms with van der Waals surface area (Å²) in [5.41, 5.74) is 0.896. The van der Waals surface area contributed by atoms with Crippen LogP contribution in [0.2, 0.25) is 0 Å². The molecule has 4 aromatic rings. The summed E-state index contributed by atoms with van der Waals surface area (Å²) in [5, 5.41) is 0. The van der Waals surface area contributed by atoms with E-state index in [1.807, 2.05) is 0 Å². The molecule has 9 heteroatoms. The van der Waals surface area contributed by atoms with Gasteiger partial charge < -0.3 is 0 Å². The van der Waals surface area contributed by atoms with Gasteiger partial charge in [-0.1, -0.05) is 40.2 Å². The molecule has 0 radical (unpaired) electrons. The van der Waals surface area contributed by atoms with Crippen molar-refractivity contribution in [2.24, 2.45) is 0 Å². The first-order valence-corrected chi connectivity index (χ1v) is 11.4. The third-order valence-corrected chi connectivity index (χ3v) is 7.65. The van der Waals surface area contributed by atoms with Crippen molar-refractivity contribution in [2.45, 2.75) is 9.79 Å². The zero-order valence-electron chi connectivity index (χ0n) is 14.4. The Kier molecular flexibility index (Phi) is 4.02. The highest BCUT2D eigenvalue weighted by Crippen LogP contribution is 2.37. The fourth-order valence-electron chi connectivity index (χ4n) is 3.43. The van der Waals surface area contributed by atoms with Crippen LogP contribution in [0.1, 0.15) is 31.8 Å². The maximum Gasteiger partial charge on any atom is 0.208 e. The lowest BCUT2D eigenvalue weighted by Crippen LogP contribution is -2.22. The standard InChI is InChI=1S/C20H9BrN2O4S2/c21-10-5-7-11(8-6-10)29(26,27)15-9-14-16(18-17(15)22-28-23-18)20(25)13-4-2-1-3-12(13)19(14)24/h1-9H. The van der Waals surface area contributed by atoms with Crippen LogP contribution in [0.25, 0.3) is 11.0 Å². The molecule has 5 rings (SSSR count). The Hall–Kier alpha value is -2.75. The molecule has 0 saturated carbocycles. The van der Waals surface area contributed by atoms with Crippen molar-refractivity contribution in [3.8, 4) is 0 Å². The fourth-order valence-corrected chi connectivity index (χ4v) is 5.73. The maximum atomic E-state index is 13.3. The summed E-state index contributed by atoms with van der Waals surface area (Å²) in [7, 11) is -3.98. The van der Waals surface area contributed by atoms with E-state index in [1.54, 1.807) is 36.4 Å². The molecule has 29 heavy (non-hydrogen) atoms. The Labute approximate surface area is 177 Å². The van der Waals surface area contributed by atoms with E-state index in [2.05, 4.69) is 24.7 Å². The van der Waals surface area contributed by atoms with Crippen molar-refractivity contribution in [2.75, 3.05) is 0 Å². The van der Waals surface area contributed by atoms with Gasteiger partial charge in [-0.3, -0.25) is 9.59 Å². The first-order chi connectivity index (χ1) is 13.9. The highest BCUT2D eigenvalue weighted by atomic mass is 79.9. The van der Waals surface area contributed by atoms with Gasteiger partial charge in [-0.2, -0.15) is 8.75 Å². The van der Waals surface area contributed by atoms with E-state index in [4.69, 9.17) is 0 Å². The smallest absolute Gasteiger partial charge is 0.208 e. The molecule has 1 aliphatic rings. The van der Waals surface area contributed by atoms with E-state index >= 15 is 0 Å². The van der Waals surface area contributed by atoms with Crippen molar-refractivity contribution in [1.82, 2.24) is 8.75 Å². The summed E-state index contributed by atoms with van der Waals surface area (Å²) in [5.74, 6) is -0.766. The van der Waals surface area contributed by atoms with Crippen molar-refractivity contribution >= 4 is 60.1 Å². The molecular formula is C20H9BrN2O4S2. The van der Waals surface area contributed by atoms with Crippen LogP contribution in [0.3, 0.4) is 0 Å². The molecule has 1 aliphatic carbocycles. The highest BCUT2D eigenvalue weighted by Gasteiger charge is 2.35. The zero-order valence-corrected chi connectivity index (χ0v) is 17.6. The van der Waals surface area contributed by atoms with E-state index in [9.17, 15) is 18.0 Å². The second-order valence-electron chi connectivity index (χ2n) is 6.42. The number of hydrogen-bond acceptors (Lipinski definition) is 7. The van der Waals surface area contributed by atoms with E-state index in [0.29, 0.717) is 0 Å². The average Bonchev–Trinajstić information content (AvgIpc) is 3.21. The molecule has 0 aliphatic heterocycles. The van der Waals surface area contributed by atoms with Crippen molar-refractivity contribution in [3.63, 3.8) is 0 Å². The molecule has 0 fully saturated rings. The topological polar surface area (TPSA) is 94.1 Å². The number of rotatable bonds is 2. The van der Waals surface area contributed by atoms with Crippen LogP contribution >= 0.6 is 27.7 Å². The lowest BCUT2D eigenvalue weighted by Gasteiger charge is -2.18. The minimum atomic E-state index is -3.98. The summed E-state index contributed by atoms with van der Waals surface area (Å²) in [6.45, 7) is 0. The second kappa shape index (κ2) is 6.38. The molecule has 6 nitrogen and oxygen atoms in total. The first kappa shape index (κ1) is 18.3. The molecule has 0 amide bonds. The molecular weight excluding hydrogens is 476 g/mol. The molecule has 0 atom stereocenters. The lowest BCUT2D eigenvalue weighted by molar-refractivity contribution is 0.0980. The Bertz CT molecular complexity index is 1460. The summed E-state index contributed by atoms with van der Waals surface area (Å²) in [4.78, 5) is 26.1. The number of hydrogen-bond donors (Lipinski definition) is 0. The molecule has 0 N–H and O–H groups in total. The third kappa shape index (κ3) is 2.61. The van der Waals surface area contributed by atoms with Gasteiger partial charge in [-0.15, -0.1) is 0 Å². The van der Waals surface area contributed by atoms with Gasteiger partial charge in [-0.25, -0.2) is 8.42 Å². The highest BCUT2D eigenvalue weighted by molar-refractivity contribution is 9.10. The summed E-state index contributed by atoms with van der Waals surface area (Å²) < 4.78 is 35.6. The quantitative estimate of drug-likeness (QED) is 0.374. The van der Waals surface area contributed by atoms with Gasteiger partial charge in [0.05, 0.1) is 22.2 Å². The van der Waals surface area contributed by atoms with Gasteiger partial charge in [0.15, 0.2) is 11.6 Å². The predicted molar refractivity (Wildman–Crippen MR) is 110 cm³/mol. The number of benzene rings is 3. The number of fused-ring (bicyclic) bond motifs is 4. The van der Waals surface area contributed by atoms with Crippen molar-refractivity contribution in [1.29, 1.82) is 0 Å². The Morgan fingerprint density at radius 3 is 2.10 bits per heavy atom. The molecule has 0 bridgehead atoms. The van der Waals surface area contributed by atoms with Gasteiger partial charge in [-0.05, 0) is 30.3 Å². The van der Waals surface area contributed by atoms with Gasteiger partial charge in [0.1, 0.15) is 15.9 Å². The summed E-state index contributed by atoms with van der Waals surface area (Å²) >= 11 is 4.09. The molecule has 142 valence electrons. The Morgan fingerprint density at radius 1 is 0.793 bits per heavy atom. The predicted octanol–water partition coefficient (Wildman–Crippen LogP) is 4.06. The van der Waals surface area contributed by atoms with Gasteiger partial charge in [0.2, 0.25) is 9.84 Å². The summed E-state index contributed by atoms with van der Waals surface area (Å²) in [6.07, 6.45) is 0. The Balaban J connectivity index is 1.83. The molecule has 0 unspecified atom stereocenters. The second-order valence-corrected chi connectivity index (χ2v) is 9.78. The Morgan fingerprint density at radius 2 is 1.41 bits per heavy atom. The van der Waals surface area contributed by atoms with Crippen LogP contribution in [0.15, 0.2) is 68.9 Å². The number of nitrogens with zero attached hydrogens (tertiary/aromatic N) is 2. The number of sulfone groups is 1. The fraction of sp³-hybridized carbons (Fsp3) is 0. The van der Waals surface area contributed by atoms with Crippen LogP contribution in [-0.4, -0.2) is 28.7 Å². The van der Waals surface area contributed by atoms with E-state index in [1.165, 1.54) is 18.2 Å². The average molecular weight is 485 g/mol. The first-order valence-electron chi connectivity index (χ1n) is 8.38. The van der Waals surface area contributed by atoms with E-state index < -0.39 is 15.6 Å². The van der Waals surface area contributed by atoms with Crippen LogP contribution in [0.5, 0.6) is 0 Å². The molecule has 1 aromatic heterocycles. The van der Waals surface area contributed by atoms with Crippen LogP contribution in [0.4, 0.5) is 0 Å². The molecule has 1 heterocycles. The largest absolute Gasteiger partial charge is 0.289 e. The SMILES string of the molecule is O=C1c2ccccc2C(=O)c2c1cc(S(=O)(=O)c1ccc(Br)cc1)c1nsnc21. The molecule has 0 spiro atoms. The minimum Gasteiger partial charge on any atom is -0.289 e. The number of aromatic nitrogens is 2. The van der Waals surface area contributed by atoms with Crippen molar-refractivity contribution < 1.29 is 18.0 Å². The maximum absolute atomic E-state index is 13.3. The van der Waals surface area contributed by atoms with Crippen LogP contribution < -0.4 is 0 Å². The third-order valence-electron chi connectivity index (χ3n) is 4.80. The normalized spacial score (nSPS) is 13.4. The summed E-state index contributed by atoms with van der Waals surface area (Å²) in [6, 6.07) is 13.9. The lowest BCUT2D eigenvalue weighted by atomic mass is 9.83. The van der Waals surface area contributed by atoms with Crippen LogP contribution in [0, 0.1) is 0 Å². The van der Waals surface area contributed by atoms with E-state index in [-0.39, 0.29) is 48.9 Å². The zero-order chi connectivity index (χ0) is 20.3.